The summed E-state index contributed by atoms with van der Waals surface area (Å²) in [7, 11) is -1.19. The molecule has 21 heavy (non-hydrogen) atoms. The Labute approximate surface area is 128 Å². The van der Waals surface area contributed by atoms with Crippen LogP contribution in [-0.2, 0) is 14.6 Å². The van der Waals surface area contributed by atoms with Gasteiger partial charge in [-0.3, -0.25) is 0 Å². The zero-order valence-corrected chi connectivity index (χ0v) is 14.1. The summed E-state index contributed by atoms with van der Waals surface area (Å²) in [6.45, 7) is 4.41. The standard InChI is InChI=1S/C16H27NO3S/c1-14-6-8-15(9-7-14)16(13-17-10-11-20-2)5-4-12-21(3,18)19/h6-9,16-17H,4-5,10-13H2,1-3H3. The summed E-state index contributed by atoms with van der Waals surface area (Å²) in [5.41, 5.74) is 2.50. The molecule has 1 rings (SSSR count). The molecule has 0 amide bonds. The minimum absolute atomic E-state index is 0.257. The number of sulfone groups is 1. The van der Waals surface area contributed by atoms with Gasteiger partial charge in [-0.25, -0.2) is 8.42 Å². The summed E-state index contributed by atoms with van der Waals surface area (Å²) >= 11 is 0. The van der Waals surface area contributed by atoms with E-state index in [2.05, 4.69) is 36.5 Å². The molecule has 1 atom stereocenters. The first kappa shape index (κ1) is 18.1. The Morgan fingerprint density at radius 3 is 2.48 bits per heavy atom. The highest BCUT2D eigenvalue weighted by Crippen LogP contribution is 2.21. The predicted molar refractivity (Wildman–Crippen MR) is 87.6 cm³/mol. The molecule has 4 nitrogen and oxygen atoms in total. The second-order valence-corrected chi connectivity index (χ2v) is 7.84. The van der Waals surface area contributed by atoms with Crippen LogP contribution in [0.25, 0.3) is 0 Å². The van der Waals surface area contributed by atoms with E-state index in [0.29, 0.717) is 18.9 Å². The second kappa shape index (κ2) is 9.18. The largest absolute Gasteiger partial charge is 0.383 e. The van der Waals surface area contributed by atoms with Crippen LogP contribution in [0.2, 0.25) is 0 Å². The maximum atomic E-state index is 11.3. The number of aryl methyl sites for hydroxylation is 1. The Morgan fingerprint density at radius 1 is 1.24 bits per heavy atom. The molecule has 0 saturated heterocycles. The number of hydrogen-bond donors (Lipinski definition) is 1. The van der Waals surface area contributed by atoms with Gasteiger partial charge in [-0.1, -0.05) is 29.8 Å². The molecule has 1 N–H and O–H groups in total. The molecule has 1 unspecified atom stereocenters. The molecule has 0 aliphatic carbocycles. The van der Waals surface area contributed by atoms with Gasteiger partial charge in [0.2, 0.25) is 0 Å². The van der Waals surface area contributed by atoms with Gasteiger partial charge in [0.05, 0.1) is 6.61 Å². The van der Waals surface area contributed by atoms with Crippen LogP contribution in [-0.4, -0.2) is 47.2 Å². The highest BCUT2D eigenvalue weighted by molar-refractivity contribution is 7.90. The van der Waals surface area contributed by atoms with Crippen LogP contribution in [0.4, 0.5) is 0 Å². The molecule has 0 aromatic heterocycles. The third-order valence-corrected chi connectivity index (χ3v) is 4.52. The van der Waals surface area contributed by atoms with E-state index in [9.17, 15) is 8.42 Å². The number of nitrogens with one attached hydrogen (secondary N) is 1. The third kappa shape index (κ3) is 8.19. The molecule has 0 heterocycles. The molecule has 0 radical (unpaired) electrons. The van der Waals surface area contributed by atoms with Gasteiger partial charge in [0.15, 0.2) is 0 Å². The first-order chi connectivity index (χ1) is 9.92. The van der Waals surface area contributed by atoms with E-state index in [-0.39, 0.29) is 5.75 Å². The Balaban J connectivity index is 2.58. The number of hydrogen-bond acceptors (Lipinski definition) is 4. The summed E-state index contributed by atoms with van der Waals surface area (Å²) in [6.07, 6.45) is 2.87. The first-order valence-corrected chi connectivity index (χ1v) is 9.42. The molecule has 0 aliphatic rings. The summed E-state index contributed by atoms with van der Waals surface area (Å²) in [5, 5.41) is 3.37. The molecule has 5 heteroatoms. The lowest BCUT2D eigenvalue weighted by atomic mass is 9.94. The van der Waals surface area contributed by atoms with Gasteiger partial charge < -0.3 is 10.1 Å². The smallest absolute Gasteiger partial charge is 0.147 e. The summed E-state index contributed by atoms with van der Waals surface area (Å²) in [5.74, 6) is 0.595. The van der Waals surface area contributed by atoms with Crippen molar-refractivity contribution in [1.82, 2.24) is 5.32 Å². The fourth-order valence-corrected chi connectivity index (χ4v) is 2.96. The molecule has 0 saturated carbocycles. The number of ether oxygens (including phenoxy) is 1. The van der Waals surface area contributed by atoms with E-state index in [1.54, 1.807) is 7.11 Å². The lowest BCUT2D eigenvalue weighted by Gasteiger charge is -2.18. The monoisotopic (exact) mass is 313 g/mol. The topological polar surface area (TPSA) is 55.4 Å². The van der Waals surface area contributed by atoms with Gasteiger partial charge in [-0.05, 0) is 31.2 Å². The van der Waals surface area contributed by atoms with E-state index in [1.165, 1.54) is 17.4 Å². The van der Waals surface area contributed by atoms with Crippen LogP contribution < -0.4 is 5.32 Å². The van der Waals surface area contributed by atoms with Crippen molar-refractivity contribution in [3.8, 4) is 0 Å². The van der Waals surface area contributed by atoms with Gasteiger partial charge in [0, 0.05) is 32.2 Å². The maximum absolute atomic E-state index is 11.3. The summed E-state index contributed by atoms with van der Waals surface area (Å²) < 4.78 is 27.6. The van der Waals surface area contributed by atoms with Gasteiger partial charge in [-0.15, -0.1) is 0 Å². The average molecular weight is 313 g/mol. The Kier molecular flexibility index (Phi) is 7.93. The molecular weight excluding hydrogens is 286 g/mol. The lowest BCUT2D eigenvalue weighted by Crippen LogP contribution is -2.25. The van der Waals surface area contributed by atoms with E-state index in [4.69, 9.17) is 4.74 Å². The summed E-state index contributed by atoms with van der Waals surface area (Å²) in [6, 6.07) is 8.49. The molecule has 0 fully saturated rings. The van der Waals surface area contributed by atoms with Gasteiger partial charge in [0.1, 0.15) is 9.84 Å². The molecule has 0 bridgehead atoms. The Morgan fingerprint density at radius 2 is 1.90 bits per heavy atom. The number of methoxy groups -OCH3 is 1. The van der Waals surface area contributed by atoms with Crippen molar-refractivity contribution in [2.24, 2.45) is 0 Å². The SMILES string of the molecule is COCCNCC(CCCS(C)(=O)=O)c1ccc(C)cc1. The van der Waals surface area contributed by atoms with Gasteiger partial charge in [0.25, 0.3) is 0 Å². The zero-order valence-electron chi connectivity index (χ0n) is 13.3. The minimum atomic E-state index is -2.88. The number of benzene rings is 1. The van der Waals surface area contributed by atoms with Crippen molar-refractivity contribution in [3.63, 3.8) is 0 Å². The quantitative estimate of drug-likeness (QED) is 0.672. The van der Waals surface area contributed by atoms with Crippen LogP contribution in [0.5, 0.6) is 0 Å². The fourth-order valence-electron chi connectivity index (χ4n) is 2.27. The molecule has 1 aromatic carbocycles. The molecule has 120 valence electrons. The third-order valence-electron chi connectivity index (χ3n) is 3.49. The highest BCUT2D eigenvalue weighted by atomic mass is 32.2. The van der Waals surface area contributed by atoms with E-state index in [0.717, 1.165) is 19.5 Å². The van der Waals surface area contributed by atoms with Crippen LogP contribution in [0.15, 0.2) is 24.3 Å². The predicted octanol–water partition coefficient (Wildman–Crippen LogP) is 2.14. The summed E-state index contributed by atoms with van der Waals surface area (Å²) in [4.78, 5) is 0. The first-order valence-electron chi connectivity index (χ1n) is 7.36. The van der Waals surface area contributed by atoms with Crippen molar-refractivity contribution in [1.29, 1.82) is 0 Å². The Bertz CT molecular complexity index is 497. The van der Waals surface area contributed by atoms with Crippen LogP contribution in [0.3, 0.4) is 0 Å². The van der Waals surface area contributed by atoms with Crippen molar-refractivity contribution < 1.29 is 13.2 Å². The molecule has 1 aromatic rings. The van der Waals surface area contributed by atoms with Crippen molar-refractivity contribution in [2.75, 3.05) is 38.8 Å². The fraction of sp³-hybridized carbons (Fsp3) is 0.625. The normalized spacial score (nSPS) is 13.3. The van der Waals surface area contributed by atoms with E-state index in [1.807, 2.05) is 0 Å². The van der Waals surface area contributed by atoms with Crippen LogP contribution in [0, 0.1) is 6.92 Å². The van der Waals surface area contributed by atoms with E-state index < -0.39 is 9.84 Å². The van der Waals surface area contributed by atoms with Crippen molar-refractivity contribution >= 4 is 9.84 Å². The average Bonchev–Trinajstić information content (AvgIpc) is 2.41. The van der Waals surface area contributed by atoms with Crippen LogP contribution >= 0.6 is 0 Å². The van der Waals surface area contributed by atoms with Gasteiger partial charge in [-0.2, -0.15) is 0 Å². The van der Waals surface area contributed by atoms with Gasteiger partial charge >= 0.3 is 0 Å². The zero-order chi connectivity index (χ0) is 15.7. The molecular formula is C16H27NO3S. The lowest BCUT2D eigenvalue weighted by molar-refractivity contribution is 0.198. The molecule has 0 aliphatic heterocycles. The Hall–Kier alpha value is -0.910. The molecule has 0 spiro atoms. The highest BCUT2D eigenvalue weighted by Gasteiger charge is 2.12. The maximum Gasteiger partial charge on any atom is 0.147 e. The number of rotatable bonds is 10. The van der Waals surface area contributed by atoms with Crippen molar-refractivity contribution in [2.45, 2.75) is 25.7 Å². The van der Waals surface area contributed by atoms with Crippen LogP contribution in [0.1, 0.15) is 29.9 Å². The second-order valence-electron chi connectivity index (χ2n) is 5.58. The minimum Gasteiger partial charge on any atom is -0.383 e. The van der Waals surface area contributed by atoms with Crippen molar-refractivity contribution in [3.05, 3.63) is 35.4 Å². The van der Waals surface area contributed by atoms with E-state index >= 15 is 0 Å².